The third-order valence-electron chi connectivity index (χ3n) is 9.92. The maximum absolute atomic E-state index is 14.9. The van der Waals surface area contributed by atoms with E-state index in [0.29, 0.717) is 66.4 Å². The molecule has 13 heteroatoms. The number of nitrogens with zero attached hydrogens (tertiary/aromatic N) is 2. The van der Waals surface area contributed by atoms with Crippen LogP contribution in [-0.2, 0) is 16.1 Å². The average molecular weight is 810 g/mol. The number of carbonyl (C=O) groups excluding carboxylic acids is 2. The van der Waals surface area contributed by atoms with Crippen molar-refractivity contribution in [2.24, 2.45) is 0 Å². The van der Waals surface area contributed by atoms with E-state index < -0.39 is 21.5 Å². The number of aryl methyl sites for hydroxylation is 2. The van der Waals surface area contributed by atoms with Gasteiger partial charge in [0.15, 0.2) is 5.60 Å². The van der Waals surface area contributed by atoms with Gasteiger partial charge in [-0.15, -0.1) is 0 Å². The number of nitrogens with one attached hydrogen (secondary N) is 1. The summed E-state index contributed by atoms with van der Waals surface area (Å²) in [6, 6.07) is 18.2. The van der Waals surface area contributed by atoms with Gasteiger partial charge in [-0.3, -0.25) is 9.69 Å². The fraction of sp³-hybridized carbons (Fsp3) is 0.436. The fourth-order valence-electron chi connectivity index (χ4n) is 6.59. The lowest BCUT2D eigenvalue weighted by Crippen LogP contribution is -2.64. The van der Waals surface area contributed by atoms with Crippen molar-refractivity contribution in [1.82, 2.24) is 15.1 Å². The molecule has 0 radical (unpaired) electrons. The number of fused-ring (bicyclic) bond motifs is 2. The smallest absolute Gasteiger partial charge is 0.411 e. The fourth-order valence-corrected chi connectivity index (χ4v) is 7.18. The van der Waals surface area contributed by atoms with E-state index in [9.17, 15) is 9.59 Å². The van der Waals surface area contributed by atoms with Gasteiger partial charge < -0.3 is 24.4 Å². The molecule has 2 heterocycles. The monoisotopic (exact) mass is 807 g/mol. The largest absolute Gasteiger partial charge is 0.490 e. The number of hydrogen-bond donors (Lipinski definition) is 1. The molecule has 1 N–H and O–H groups in total. The van der Waals surface area contributed by atoms with Gasteiger partial charge in [-0.25, -0.2) is 4.79 Å². The van der Waals surface area contributed by atoms with Gasteiger partial charge in [0.1, 0.15) is 24.7 Å². The van der Waals surface area contributed by atoms with Crippen molar-refractivity contribution in [1.29, 1.82) is 0 Å². The first kappa shape index (κ1) is 38.9. The van der Waals surface area contributed by atoms with Crippen LogP contribution in [0.15, 0.2) is 66.2 Å². The predicted molar refractivity (Wildman–Crippen MR) is 208 cm³/mol. The predicted octanol–water partition coefficient (Wildman–Crippen LogP) is 9.34. The van der Waals surface area contributed by atoms with Crippen LogP contribution in [0.5, 0.6) is 11.5 Å². The molecule has 8 nitrogen and oxygen atoms in total. The second kappa shape index (κ2) is 15.9. The van der Waals surface area contributed by atoms with Gasteiger partial charge in [0.2, 0.25) is 3.79 Å². The summed E-state index contributed by atoms with van der Waals surface area (Å²) in [6.07, 6.45) is 1.54. The first-order valence-electron chi connectivity index (χ1n) is 17.3. The molecular weight excluding hydrogens is 768 g/mol. The average Bonchev–Trinajstić information content (AvgIpc) is 3.93. The Labute approximate surface area is 330 Å². The number of hydrogen-bond acceptors (Lipinski definition) is 6. The van der Waals surface area contributed by atoms with E-state index in [1.54, 1.807) is 18.7 Å². The molecule has 2 bridgehead atoms. The van der Waals surface area contributed by atoms with Crippen molar-refractivity contribution in [2.45, 2.75) is 81.0 Å². The molecule has 1 unspecified atom stereocenters. The zero-order valence-corrected chi connectivity index (χ0v) is 33.3. The van der Waals surface area contributed by atoms with Crippen molar-refractivity contribution in [3.8, 4) is 11.5 Å². The Kier molecular flexibility index (Phi) is 11.9. The summed E-state index contributed by atoms with van der Waals surface area (Å²) in [5, 5.41) is 4.58. The SMILES string of the molecule is Cc1cc(Cl)c(OCCOc2ccc(C3=C(C(=O)N(Cc4ccccc4Cl)C4CC4)[C@H]4CNCC(C3)N4C(=O)OC(C)(C)C(Cl)(Cl)Cl)cc2)cc1C. The van der Waals surface area contributed by atoms with Crippen LogP contribution in [0.4, 0.5) is 4.79 Å². The molecule has 52 heavy (non-hydrogen) atoms. The number of piperazine rings is 1. The maximum atomic E-state index is 14.9. The molecule has 2 amide bonds. The molecule has 2 atom stereocenters. The summed E-state index contributed by atoms with van der Waals surface area (Å²) in [5.41, 5.74) is 3.89. The molecule has 1 saturated heterocycles. The number of rotatable bonds is 11. The summed E-state index contributed by atoms with van der Waals surface area (Å²) in [7, 11) is 0. The maximum Gasteiger partial charge on any atom is 0.411 e. The van der Waals surface area contributed by atoms with Crippen LogP contribution in [0.25, 0.3) is 5.57 Å². The molecule has 3 aromatic carbocycles. The zero-order valence-electron chi connectivity index (χ0n) is 29.5. The van der Waals surface area contributed by atoms with Gasteiger partial charge in [0.25, 0.3) is 5.91 Å². The van der Waals surface area contributed by atoms with Gasteiger partial charge in [0, 0.05) is 36.3 Å². The lowest BCUT2D eigenvalue weighted by molar-refractivity contribution is -0.129. The molecule has 1 saturated carbocycles. The van der Waals surface area contributed by atoms with Gasteiger partial charge in [-0.2, -0.15) is 0 Å². The van der Waals surface area contributed by atoms with Crippen LogP contribution in [0, 0.1) is 13.8 Å². The second-order valence-corrected chi connectivity index (χ2v) is 17.1. The second-order valence-electron chi connectivity index (χ2n) is 14.1. The van der Waals surface area contributed by atoms with Crippen molar-refractivity contribution in [2.75, 3.05) is 26.3 Å². The summed E-state index contributed by atoms with van der Waals surface area (Å²) in [5.74, 6) is 1.13. The third kappa shape index (κ3) is 8.59. The van der Waals surface area contributed by atoms with E-state index in [-0.39, 0.29) is 18.0 Å². The Morgan fingerprint density at radius 1 is 0.904 bits per heavy atom. The highest BCUT2D eigenvalue weighted by Crippen LogP contribution is 2.44. The molecule has 3 aliphatic rings. The summed E-state index contributed by atoms with van der Waals surface area (Å²) >= 11 is 31.5. The minimum absolute atomic E-state index is 0.0622. The topological polar surface area (TPSA) is 80.3 Å². The molecule has 3 aromatic rings. The molecule has 0 spiro atoms. The molecule has 1 aliphatic carbocycles. The van der Waals surface area contributed by atoms with Gasteiger partial charge in [0.05, 0.1) is 17.1 Å². The van der Waals surface area contributed by atoms with Crippen molar-refractivity contribution in [3.05, 3.63) is 98.5 Å². The highest BCUT2D eigenvalue weighted by molar-refractivity contribution is 6.68. The Morgan fingerprint density at radius 3 is 2.25 bits per heavy atom. The molecule has 2 aliphatic heterocycles. The highest BCUT2D eigenvalue weighted by atomic mass is 35.6. The molecule has 0 aromatic heterocycles. The number of halogens is 5. The summed E-state index contributed by atoms with van der Waals surface area (Å²) < 4.78 is 15.9. The first-order valence-corrected chi connectivity index (χ1v) is 19.2. The Balaban J connectivity index is 1.29. The number of benzene rings is 3. The number of ether oxygens (including phenoxy) is 3. The lowest BCUT2D eigenvalue weighted by atomic mass is 9.82. The highest BCUT2D eigenvalue weighted by Gasteiger charge is 2.50. The van der Waals surface area contributed by atoms with Gasteiger partial charge in [-0.05, 0) is 105 Å². The molecule has 2 fully saturated rings. The number of carbonyl (C=O) groups is 2. The quantitative estimate of drug-likeness (QED) is 0.154. The Bertz CT molecular complexity index is 1840. The van der Waals surface area contributed by atoms with Crippen LogP contribution < -0.4 is 14.8 Å². The number of amides is 2. The van der Waals surface area contributed by atoms with Gasteiger partial charge in [-0.1, -0.05) is 88.3 Å². The Hall–Kier alpha value is -2.85. The van der Waals surface area contributed by atoms with Crippen molar-refractivity contribution in [3.63, 3.8) is 0 Å². The Morgan fingerprint density at radius 2 is 1.58 bits per heavy atom. The van der Waals surface area contributed by atoms with E-state index in [4.69, 9.17) is 72.2 Å². The van der Waals surface area contributed by atoms with Gasteiger partial charge >= 0.3 is 6.09 Å². The van der Waals surface area contributed by atoms with Crippen molar-refractivity contribution >= 4 is 75.6 Å². The lowest BCUT2D eigenvalue weighted by Gasteiger charge is -2.48. The van der Waals surface area contributed by atoms with Crippen LogP contribution in [0.1, 0.15) is 55.4 Å². The van der Waals surface area contributed by atoms with E-state index >= 15 is 0 Å². The zero-order chi connectivity index (χ0) is 37.4. The first-order chi connectivity index (χ1) is 24.6. The minimum atomic E-state index is -1.87. The summed E-state index contributed by atoms with van der Waals surface area (Å²) in [4.78, 5) is 32.4. The number of alkyl halides is 3. The van der Waals surface area contributed by atoms with Crippen LogP contribution in [0.3, 0.4) is 0 Å². The summed E-state index contributed by atoms with van der Waals surface area (Å²) in [6.45, 7) is 8.94. The molecular formula is C39H42Cl5N3O5. The van der Waals surface area contributed by atoms with Crippen LogP contribution >= 0.6 is 58.0 Å². The molecule has 278 valence electrons. The standard InChI is InChI=1S/C39H42Cl5N3O5/c1-23-17-32(41)34(18-24(23)2)51-16-15-50-29-13-9-25(10-14-29)30-19-28-20-45-21-33(47(28)37(49)52-38(3,4)39(42,43)44)35(30)36(48)46(27-11-12-27)22-26-7-5-6-8-31(26)40/h5-10,13-14,17-18,27-28,33,45H,11-12,15-16,19-22H2,1-4H3/t28?,33-/m1/s1. The van der Waals surface area contributed by atoms with E-state index in [1.807, 2.05) is 79.4 Å². The van der Waals surface area contributed by atoms with E-state index in [2.05, 4.69) is 5.32 Å². The van der Waals surface area contributed by atoms with E-state index in [1.165, 1.54) is 0 Å². The minimum Gasteiger partial charge on any atom is -0.490 e. The van der Waals surface area contributed by atoms with Crippen molar-refractivity contribution < 1.29 is 23.8 Å². The van der Waals surface area contributed by atoms with E-state index in [0.717, 1.165) is 40.7 Å². The molecule has 6 rings (SSSR count). The normalized spacial score (nSPS) is 19.0. The van der Waals surface area contributed by atoms with Crippen LogP contribution in [0.2, 0.25) is 10.0 Å². The third-order valence-corrected chi connectivity index (χ3v) is 11.9. The van der Waals surface area contributed by atoms with Crippen LogP contribution in [-0.4, -0.2) is 75.6 Å².